The van der Waals surface area contributed by atoms with Gasteiger partial charge in [0.2, 0.25) is 5.28 Å². The van der Waals surface area contributed by atoms with E-state index >= 15 is 0 Å². The van der Waals surface area contributed by atoms with Crippen molar-refractivity contribution in [3.8, 4) is 0 Å². The maximum absolute atomic E-state index is 12.0. The summed E-state index contributed by atoms with van der Waals surface area (Å²) in [6.07, 6.45) is 2.11. The lowest BCUT2D eigenvalue weighted by molar-refractivity contribution is 0.0697. The van der Waals surface area contributed by atoms with Crippen molar-refractivity contribution in [3.05, 3.63) is 47.5 Å². The van der Waals surface area contributed by atoms with E-state index in [-0.39, 0.29) is 21.4 Å². The number of anilines is 1. The third kappa shape index (κ3) is 3.22. The second kappa shape index (κ2) is 5.43. The molecule has 0 aliphatic rings. The average molecular weight is 314 g/mol. The Balaban J connectivity index is 2.31. The largest absolute Gasteiger partial charge is 0.478 e. The SMILES string of the molecule is O=C(O)c1cccc(NS(=O)(=O)c2cnc(Cl)nc2)c1. The van der Waals surface area contributed by atoms with E-state index < -0.39 is 16.0 Å². The van der Waals surface area contributed by atoms with Crippen molar-refractivity contribution >= 4 is 33.3 Å². The van der Waals surface area contributed by atoms with Gasteiger partial charge in [0.1, 0.15) is 4.90 Å². The van der Waals surface area contributed by atoms with E-state index in [1.807, 2.05) is 0 Å². The summed E-state index contributed by atoms with van der Waals surface area (Å²) in [5.74, 6) is -1.15. The van der Waals surface area contributed by atoms with E-state index in [0.29, 0.717) is 0 Å². The van der Waals surface area contributed by atoms with Crippen LogP contribution in [0.25, 0.3) is 0 Å². The van der Waals surface area contributed by atoms with Crippen LogP contribution in [0.1, 0.15) is 10.4 Å². The van der Waals surface area contributed by atoms with E-state index in [1.54, 1.807) is 0 Å². The van der Waals surface area contributed by atoms with E-state index in [2.05, 4.69) is 14.7 Å². The summed E-state index contributed by atoms with van der Waals surface area (Å²) in [5, 5.41) is 8.77. The zero-order valence-electron chi connectivity index (χ0n) is 9.82. The lowest BCUT2D eigenvalue weighted by Gasteiger charge is -2.08. The van der Waals surface area contributed by atoms with Crippen molar-refractivity contribution in [3.63, 3.8) is 0 Å². The highest BCUT2D eigenvalue weighted by molar-refractivity contribution is 7.92. The van der Waals surface area contributed by atoms with Crippen molar-refractivity contribution in [2.75, 3.05) is 4.72 Å². The molecule has 2 N–H and O–H groups in total. The molecule has 0 amide bonds. The quantitative estimate of drug-likeness (QED) is 0.830. The molecule has 0 radical (unpaired) electrons. The third-order valence-electron chi connectivity index (χ3n) is 2.27. The lowest BCUT2D eigenvalue weighted by atomic mass is 10.2. The summed E-state index contributed by atoms with van der Waals surface area (Å²) in [6.45, 7) is 0. The first-order valence-electron chi connectivity index (χ1n) is 5.22. The highest BCUT2D eigenvalue weighted by Gasteiger charge is 2.16. The molecule has 0 atom stereocenters. The van der Waals surface area contributed by atoms with Crippen LogP contribution in [0.2, 0.25) is 5.28 Å². The number of carbonyl (C=O) groups is 1. The summed E-state index contributed by atoms with van der Waals surface area (Å²) >= 11 is 5.47. The summed E-state index contributed by atoms with van der Waals surface area (Å²) in [6, 6.07) is 5.42. The predicted octanol–water partition coefficient (Wildman–Crippen LogP) is 1.63. The summed E-state index contributed by atoms with van der Waals surface area (Å²) in [4.78, 5) is 17.8. The Bertz CT molecular complexity index is 747. The first-order chi connectivity index (χ1) is 9.38. The zero-order valence-corrected chi connectivity index (χ0v) is 11.4. The molecule has 0 saturated heterocycles. The van der Waals surface area contributed by atoms with Gasteiger partial charge in [-0.3, -0.25) is 4.72 Å². The molecule has 20 heavy (non-hydrogen) atoms. The number of nitrogens with one attached hydrogen (secondary N) is 1. The second-order valence-corrected chi connectivity index (χ2v) is 5.70. The maximum atomic E-state index is 12.0. The van der Waals surface area contributed by atoms with Gasteiger partial charge in [0.15, 0.2) is 0 Å². The normalized spacial score (nSPS) is 11.1. The van der Waals surface area contributed by atoms with Gasteiger partial charge in [0.25, 0.3) is 10.0 Å². The topological polar surface area (TPSA) is 109 Å². The van der Waals surface area contributed by atoms with Crippen LogP contribution in [0, 0.1) is 0 Å². The molecule has 0 spiro atoms. The number of nitrogens with zero attached hydrogens (tertiary/aromatic N) is 2. The Labute approximate surface area is 119 Å². The molecule has 104 valence electrons. The van der Waals surface area contributed by atoms with Gasteiger partial charge in [-0.15, -0.1) is 0 Å². The molecule has 0 saturated carbocycles. The van der Waals surface area contributed by atoms with Gasteiger partial charge in [-0.05, 0) is 29.8 Å². The molecule has 2 rings (SSSR count). The highest BCUT2D eigenvalue weighted by atomic mass is 35.5. The molecule has 1 aromatic heterocycles. The monoisotopic (exact) mass is 313 g/mol. The van der Waals surface area contributed by atoms with Crippen LogP contribution in [0.4, 0.5) is 5.69 Å². The van der Waals surface area contributed by atoms with Crippen LogP contribution in [-0.4, -0.2) is 29.5 Å². The molecule has 0 bridgehead atoms. The maximum Gasteiger partial charge on any atom is 0.335 e. The van der Waals surface area contributed by atoms with E-state index in [1.165, 1.54) is 24.3 Å². The van der Waals surface area contributed by atoms with Crippen molar-refractivity contribution in [2.45, 2.75) is 4.90 Å². The molecule has 2 aromatic rings. The number of rotatable bonds is 4. The van der Waals surface area contributed by atoms with Gasteiger partial charge in [-0.2, -0.15) is 0 Å². The van der Waals surface area contributed by atoms with Gasteiger partial charge < -0.3 is 5.11 Å². The van der Waals surface area contributed by atoms with E-state index in [9.17, 15) is 13.2 Å². The Hall–Kier alpha value is -2.19. The Morgan fingerprint density at radius 1 is 1.25 bits per heavy atom. The van der Waals surface area contributed by atoms with Gasteiger partial charge >= 0.3 is 5.97 Å². The van der Waals surface area contributed by atoms with Crippen LogP contribution in [0.5, 0.6) is 0 Å². The Morgan fingerprint density at radius 2 is 1.90 bits per heavy atom. The molecule has 7 nitrogen and oxygen atoms in total. The minimum Gasteiger partial charge on any atom is -0.478 e. The van der Waals surface area contributed by atoms with Crippen LogP contribution in [0.3, 0.4) is 0 Å². The molecule has 0 aliphatic carbocycles. The molecular formula is C11H8ClN3O4S. The van der Waals surface area contributed by atoms with Crippen LogP contribution < -0.4 is 4.72 Å². The number of benzene rings is 1. The molecule has 0 fully saturated rings. The summed E-state index contributed by atoms with van der Waals surface area (Å²) in [7, 11) is -3.90. The first kappa shape index (κ1) is 14.2. The Kier molecular flexibility index (Phi) is 3.86. The van der Waals surface area contributed by atoms with Gasteiger partial charge in [0.05, 0.1) is 18.0 Å². The number of halogens is 1. The number of aromatic carboxylic acids is 1. The third-order valence-corrected chi connectivity index (χ3v) is 3.80. The molecule has 0 unspecified atom stereocenters. The molecule has 0 aliphatic heterocycles. The zero-order chi connectivity index (χ0) is 14.8. The molecule has 1 aromatic carbocycles. The summed E-state index contributed by atoms with van der Waals surface area (Å²) < 4.78 is 26.3. The second-order valence-electron chi connectivity index (χ2n) is 3.68. The minimum absolute atomic E-state index is 0.0300. The Morgan fingerprint density at radius 3 is 2.50 bits per heavy atom. The van der Waals surface area contributed by atoms with Crippen molar-refractivity contribution < 1.29 is 18.3 Å². The molecular weight excluding hydrogens is 306 g/mol. The van der Waals surface area contributed by atoms with Gasteiger partial charge in [-0.25, -0.2) is 23.2 Å². The predicted molar refractivity (Wildman–Crippen MR) is 71.3 cm³/mol. The lowest BCUT2D eigenvalue weighted by Crippen LogP contribution is -2.14. The number of carboxylic acid groups (broad SMARTS) is 1. The number of hydrogen-bond acceptors (Lipinski definition) is 5. The fourth-order valence-corrected chi connectivity index (χ4v) is 2.40. The average Bonchev–Trinajstić information content (AvgIpc) is 2.39. The minimum atomic E-state index is -3.90. The molecule has 1 heterocycles. The van der Waals surface area contributed by atoms with Crippen molar-refractivity contribution in [1.29, 1.82) is 0 Å². The van der Waals surface area contributed by atoms with Gasteiger partial charge in [0, 0.05) is 5.69 Å². The number of carboxylic acids is 1. The fourth-order valence-electron chi connectivity index (χ4n) is 1.37. The number of hydrogen-bond donors (Lipinski definition) is 2. The highest BCUT2D eigenvalue weighted by Crippen LogP contribution is 2.16. The number of sulfonamides is 1. The van der Waals surface area contributed by atoms with Crippen LogP contribution in [0.15, 0.2) is 41.6 Å². The first-order valence-corrected chi connectivity index (χ1v) is 7.08. The standard InChI is InChI=1S/C11H8ClN3O4S/c12-11-13-5-9(6-14-11)20(18,19)15-8-3-1-2-7(4-8)10(16)17/h1-6,15H,(H,16,17). The van der Waals surface area contributed by atoms with E-state index in [0.717, 1.165) is 12.4 Å². The van der Waals surface area contributed by atoms with Gasteiger partial charge in [-0.1, -0.05) is 6.07 Å². The van der Waals surface area contributed by atoms with Crippen molar-refractivity contribution in [1.82, 2.24) is 9.97 Å². The van der Waals surface area contributed by atoms with Crippen molar-refractivity contribution in [2.24, 2.45) is 0 Å². The fraction of sp³-hybridized carbons (Fsp3) is 0. The summed E-state index contributed by atoms with van der Waals surface area (Å²) in [5.41, 5.74) is 0.0948. The number of aromatic nitrogens is 2. The van der Waals surface area contributed by atoms with Crippen LogP contribution in [-0.2, 0) is 10.0 Å². The van der Waals surface area contributed by atoms with E-state index in [4.69, 9.17) is 16.7 Å². The smallest absolute Gasteiger partial charge is 0.335 e. The van der Waals surface area contributed by atoms with Crippen LogP contribution >= 0.6 is 11.6 Å². The molecule has 9 heteroatoms.